The first kappa shape index (κ1) is 26.8. The molecule has 0 spiro atoms. The summed E-state index contributed by atoms with van der Waals surface area (Å²) in [6, 6.07) is 2.43. The van der Waals surface area contributed by atoms with E-state index in [1.165, 1.54) is 19.1 Å². The van der Waals surface area contributed by atoms with Gasteiger partial charge in [-0.15, -0.1) is 0 Å². The first-order chi connectivity index (χ1) is 13.5. The van der Waals surface area contributed by atoms with Gasteiger partial charge in [-0.05, 0) is 31.9 Å². The van der Waals surface area contributed by atoms with Crippen molar-refractivity contribution in [1.82, 2.24) is 0 Å². The summed E-state index contributed by atoms with van der Waals surface area (Å²) >= 11 is 0. The van der Waals surface area contributed by atoms with E-state index in [0.717, 1.165) is 19.2 Å². The molecular weight excluding hydrogens is 469 g/mol. The summed E-state index contributed by atoms with van der Waals surface area (Å²) in [5.41, 5.74) is -0.274. The van der Waals surface area contributed by atoms with Gasteiger partial charge in [0.25, 0.3) is 0 Å². The molecule has 0 fully saturated rings. The van der Waals surface area contributed by atoms with E-state index in [2.05, 4.69) is 0 Å². The molecule has 1 amide bonds. The van der Waals surface area contributed by atoms with E-state index >= 15 is 0 Å². The van der Waals surface area contributed by atoms with Crippen molar-refractivity contribution in [2.45, 2.75) is 56.6 Å². The van der Waals surface area contributed by atoms with Crippen LogP contribution in [0.5, 0.6) is 0 Å². The molecule has 0 aliphatic carbocycles. The second-order valence-electron chi connectivity index (χ2n) is 6.60. The molecule has 178 valence electrons. The fourth-order valence-corrected chi connectivity index (χ4v) is 2.48. The van der Waals surface area contributed by atoms with Gasteiger partial charge in [-0.25, -0.2) is 0 Å². The third-order valence-corrected chi connectivity index (χ3v) is 4.13. The van der Waals surface area contributed by atoms with Gasteiger partial charge in [-0.3, -0.25) is 4.79 Å². The number of rotatable bonds is 6. The number of alkyl halides is 13. The number of carbonyl (C=O) groups is 1. The van der Waals surface area contributed by atoms with Crippen molar-refractivity contribution < 1.29 is 61.9 Å². The first-order valence-corrected chi connectivity index (χ1v) is 7.82. The minimum Gasteiger partial charge on any atom is -0.320 e. The Labute approximate surface area is 165 Å². The van der Waals surface area contributed by atoms with Gasteiger partial charge in [0, 0.05) is 5.69 Å². The van der Waals surface area contributed by atoms with E-state index in [-0.39, 0.29) is 11.1 Å². The summed E-state index contributed by atoms with van der Waals surface area (Å²) < 4.78 is 170. The van der Waals surface area contributed by atoms with Crippen LogP contribution < -0.4 is 5.32 Å². The Morgan fingerprint density at radius 1 is 0.645 bits per heavy atom. The molecule has 0 bridgehead atoms. The van der Waals surface area contributed by atoms with Crippen LogP contribution in [0.3, 0.4) is 0 Å². The topological polar surface area (TPSA) is 29.1 Å². The Kier molecular flexibility index (Phi) is 6.43. The Bertz CT molecular complexity index is 835. The fourth-order valence-electron chi connectivity index (χ4n) is 2.48. The summed E-state index contributed by atoms with van der Waals surface area (Å²) in [6.07, 6.45) is -7.51. The third-order valence-electron chi connectivity index (χ3n) is 4.13. The minimum atomic E-state index is -8.05. The molecular formula is C16H12F13NO. The maximum absolute atomic E-state index is 13.8. The molecule has 0 saturated heterocycles. The van der Waals surface area contributed by atoms with E-state index in [1.54, 1.807) is 0 Å². The van der Waals surface area contributed by atoms with Gasteiger partial charge < -0.3 is 5.32 Å². The molecule has 0 saturated carbocycles. The summed E-state index contributed by atoms with van der Waals surface area (Å²) in [7, 11) is 0. The Balaban J connectivity index is 3.48. The van der Waals surface area contributed by atoms with Gasteiger partial charge in [0.05, 0.1) is 0 Å². The molecule has 1 aromatic rings. The number of halogens is 13. The normalized spacial score (nSPS) is 14.6. The van der Waals surface area contributed by atoms with Gasteiger partial charge in [0.15, 0.2) is 0 Å². The maximum atomic E-state index is 13.8. The van der Waals surface area contributed by atoms with E-state index < -0.39 is 47.4 Å². The van der Waals surface area contributed by atoms with Gasteiger partial charge in [0.1, 0.15) is 0 Å². The SMILES string of the molecule is Cc1cc(C)c(NC(=O)C(F)(F)C(F)(F)C(F)(F)C(F)(F)C(F)(F)C(F)(F)F)c(C)c1. The highest BCUT2D eigenvalue weighted by Crippen LogP contribution is 2.60. The Morgan fingerprint density at radius 3 is 1.35 bits per heavy atom. The number of carbonyl (C=O) groups excluding carboxylic acids is 1. The molecule has 15 heteroatoms. The average molecular weight is 481 g/mol. The molecule has 0 aromatic heterocycles. The summed E-state index contributed by atoms with van der Waals surface area (Å²) in [6.45, 7) is 3.79. The van der Waals surface area contributed by atoms with Crippen LogP contribution in [-0.2, 0) is 4.79 Å². The van der Waals surface area contributed by atoms with E-state index in [0.29, 0.717) is 5.56 Å². The number of anilines is 1. The Hall–Kier alpha value is -2.22. The molecule has 0 atom stereocenters. The van der Waals surface area contributed by atoms with Crippen molar-refractivity contribution in [1.29, 1.82) is 0 Å². The van der Waals surface area contributed by atoms with E-state index in [9.17, 15) is 61.9 Å². The Morgan fingerprint density at radius 2 is 1.00 bits per heavy atom. The minimum absolute atomic E-state index is 0.0642. The zero-order chi connectivity index (χ0) is 25.0. The molecule has 0 heterocycles. The number of nitrogens with one attached hydrogen (secondary N) is 1. The van der Waals surface area contributed by atoms with Crippen molar-refractivity contribution in [2.75, 3.05) is 5.32 Å². The number of benzene rings is 1. The first-order valence-electron chi connectivity index (χ1n) is 7.82. The molecule has 0 aliphatic rings. The summed E-state index contributed by atoms with van der Waals surface area (Å²) in [5, 5.41) is 1.09. The lowest BCUT2D eigenvalue weighted by Gasteiger charge is -2.39. The zero-order valence-corrected chi connectivity index (χ0v) is 15.5. The summed E-state index contributed by atoms with van der Waals surface area (Å²) in [5.74, 6) is -41.8. The predicted octanol–water partition coefficient (Wildman–Crippen LogP) is 6.29. The van der Waals surface area contributed by atoms with Crippen LogP contribution >= 0.6 is 0 Å². The third kappa shape index (κ3) is 3.90. The van der Waals surface area contributed by atoms with Crippen LogP contribution in [0.25, 0.3) is 0 Å². The molecule has 1 aromatic carbocycles. The second kappa shape index (κ2) is 7.43. The molecule has 2 nitrogen and oxygen atoms in total. The van der Waals surface area contributed by atoms with Gasteiger partial charge in [-0.1, -0.05) is 17.7 Å². The lowest BCUT2D eigenvalue weighted by Crippen LogP contribution is -2.71. The van der Waals surface area contributed by atoms with E-state index in [1.807, 2.05) is 0 Å². The highest BCUT2D eigenvalue weighted by molar-refractivity contribution is 5.98. The average Bonchev–Trinajstić information content (AvgIpc) is 2.55. The van der Waals surface area contributed by atoms with Crippen LogP contribution in [0.4, 0.5) is 62.8 Å². The van der Waals surface area contributed by atoms with Crippen molar-refractivity contribution in [3.05, 3.63) is 28.8 Å². The quantitative estimate of drug-likeness (QED) is 0.476. The summed E-state index contributed by atoms with van der Waals surface area (Å²) in [4.78, 5) is 11.6. The van der Waals surface area contributed by atoms with Crippen molar-refractivity contribution in [3.63, 3.8) is 0 Å². The van der Waals surface area contributed by atoms with Crippen LogP contribution in [0, 0.1) is 20.8 Å². The fraction of sp³-hybridized carbons (Fsp3) is 0.562. The zero-order valence-electron chi connectivity index (χ0n) is 15.5. The molecule has 0 unspecified atom stereocenters. The highest BCUT2D eigenvalue weighted by Gasteiger charge is 2.91. The van der Waals surface area contributed by atoms with Crippen LogP contribution in [0.1, 0.15) is 16.7 Å². The monoisotopic (exact) mass is 481 g/mol. The standard InChI is InChI=1S/C16H12F13NO/c1-6-4-7(2)9(8(3)5-6)30-10(31)11(17,18)12(19,20)13(21,22)14(23,24)15(25,26)16(27,28)29/h4-5H,1-3H3,(H,30,31). The van der Waals surface area contributed by atoms with Crippen molar-refractivity contribution in [3.8, 4) is 0 Å². The lowest BCUT2D eigenvalue weighted by molar-refractivity contribution is -0.435. The largest absolute Gasteiger partial charge is 0.460 e. The smallest absolute Gasteiger partial charge is 0.320 e. The lowest BCUT2D eigenvalue weighted by atomic mass is 9.93. The number of hydrogen-bond donors (Lipinski definition) is 1. The van der Waals surface area contributed by atoms with Crippen LogP contribution in [0.15, 0.2) is 12.1 Å². The molecule has 0 aliphatic heterocycles. The van der Waals surface area contributed by atoms with E-state index in [4.69, 9.17) is 0 Å². The highest BCUT2D eigenvalue weighted by atomic mass is 19.4. The molecule has 1 N–H and O–H groups in total. The van der Waals surface area contributed by atoms with Crippen molar-refractivity contribution >= 4 is 11.6 Å². The van der Waals surface area contributed by atoms with Gasteiger partial charge in [-0.2, -0.15) is 57.1 Å². The molecule has 31 heavy (non-hydrogen) atoms. The van der Waals surface area contributed by atoms with Crippen molar-refractivity contribution in [2.24, 2.45) is 0 Å². The number of amides is 1. The van der Waals surface area contributed by atoms with Gasteiger partial charge in [0.2, 0.25) is 0 Å². The molecule has 1 rings (SSSR count). The predicted molar refractivity (Wildman–Crippen MR) is 80.1 cm³/mol. The second-order valence-corrected chi connectivity index (χ2v) is 6.60. The number of aryl methyl sites for hydroxylation is 3. The number of hydrogen-bond acceptors (Lipinski definition) is 1. The van der Waals surface area contributed by atoms with Gasteiger partial charge >= 0.3 is 41.7 Å². The maximum Gasteiger partial charge on any atom is 0.460 e. The van der Waals surface area contributed by atoms with Crippen LogP contribution in [-0.4, -0.2) is 41.7 Å². The molecule has 0 radical (unpaired) electrons. The van der Waals surface area contributed by atoms with Crippen LogP contribution in [0.2, 0.25) is 0 Å².